The van der Waals surface area contributed by atoms with Crippen molar-refractivity contribution < 1.29 is 4.74 Å². The Morgan fingerprint density at radius 1 is 1.64 bits per heavy atom. The smallest absolute Gasteiger partial charge is 0.132 e. The van der Waals surface area contributed by atoms with Gasteiger partial charge in [-0.2, -0.15) is 0 Å². The van der Waals surface area contributed by atoms with Crippen LogP contribution < -0.4 is 10.5 Å². The van der Waals surface area contributed by atoms with Crippen LogP contribution in [0.4, 0.5) is 0 Å². The molecule has 3 heteroatoms. The zero-order valence-corrected chi connectivity index (χ0v) is 10.3. The average Bonchev–Trinajstić information content (AvgIpc) is 2.21. The van der Waals surface area contributed by atoms with Gasteiger partial charge in [0.1, 0.15) is 5.75 Å². The minimum Gasteiger partial charge on any atom is -0.496 e. The van der Waals surface area contributed by atoms with Crippen LogP contribution in [0.2, 0.25) is 0 Å². The first-order chi connectivity index (χ1) is 6.69. The van der Waals surface area contributed by atoms with Crippen LogP contribution in [0.3, 0.4) is 0 Å². The number of hydrogen-bond donors (Lipinski definition) is 1. The van der Waals surface area contributed by atoms with E-state index in [1.807, 2.05) is 12.1 Å². The molecular weight excluding hydrogens is 289 g/mol. The Morgan fingerprint density at radius 3 is 2.93 bits per heavy atom. The van der Waals surface area contributed by atoms with Crippen LogP contribution in [-0.2, 0) is 6.42 Å². The quantitative estimate of drug-likeness (QED) is 0.684. The van der Waals surface area contributed by atoms with E-state index in [9.17, 15) is 0 Å². The summed E-state index contributed by atoms with van der Waals surface area (Å²) in [4.78, 5) is 0. The van der Waals surface area contributed by atoms with Gasteiger partial charge in [-0.1, -0.05) is 18.2 Å². The molecule has 0 fully saturated rings. The second kappa shape index (κ2) is 5.36. The lowest BCUT2D eigenvalue weighted by atomic mass is 10.1. The molecule has 0 aliphatic heterocycles. The van der Waals surface area contributed by atoms with Gasteiger partial charge in [0.2, 0.25) is 0 Å². The zero-order chi connectivity index (χ0) is 10.6. The van der Waals surface area contributed by atoms with Gasteiger partial charge in [0.25, 0.3) is 0 Å². The predicted octanol–water partition coefficient (Wildman–Crippen LogP) is 2.36. The van der Waals surface area contributed by atoms with Gasteiger partial charge in [0.15, 0.2) is 0 Å². The summed E-state index contributed by atoms with van der Waals surface area (Å²) in [6.45, 7) is 3.67. The van der Waals surface area contributed by atoms with Crippen molar-refractivity contribution in [1.29, 1.82) is 0 Å². The number of halogens is 1. The van der Waals surface area contributed by atoms with E-state index in [0.29, 0.717) is 0 Å². The largest absolute Gasteiger partial charge is 0.496 e. The number of rotatable bonds is 4. The Bertz CT molecular complexity index is 325. The third-order valence-corrected chi connectivity index (χ3v) is 3.25. The predicted molar refractivity (Wildman–Crippen MR) is 67.6 cm³/mol. The monoisotopic (exact) mass is 303 g/mol. The molecule has 0 spiro atoms. The molecule has 0 unspecified atom stereocenters. The van der Waals surface area contributed by atoms with E-state index < -0.39 is 0 Å². The summed E-state index contributed by atoms with van der Waals surface area (Å²) in [5.74, 6) is 0.902. The van der Waals surface area contributed by atoms with Crippen molar-refractivity contribution in [2.45, 2.75) is 12.5 Å². The maximum Gasteiger partial charge on any atom is 0.132 e. The Kier molecular flexibility index (Phi) is 4.41. The molecule has 2 N–H and O–H groups in total. The summed E-state index contributed by atoms with van der Waals surface area (Å²) in [6, 6.07) is 6.00. The molecule has 0 heterocycles. The van der Waals surface area contributed by atoms with Crippen molar-refractivity contribution >= 4 is 22.6 Å². The van der Waals surface area contributed by atoms with Crippen LogP contribution in [0.1, 0.15) is 5.56 Å². The first kappa shape index (κ1) is 11.5. The lowest BCUT2D eigenvalue weighted by molar-refractivity contribution is 0.411. The van der Waals surface area contributed by atoms with Crippen LogP contribution in [0.25, 0.3) is 0 Å². The second-order valence-electron chi connectivity index (χ2n) is 3.04. The topological polar surface area (TPSA) is 35.2 Å². The van der Waals surface area contributed by atoms with Gasteiger partial charge in [-0.3, -0.25) is 0 Å². The molecule has 1 atom stereocenters. The molecule has 14 heavy (non-hydrogen) atoms. The molecule has 0 aromatic heterocycles. The second-order valence-corrected chi connectivity index (χ2v) is 4.12. The Labute approximate surface area is 98.3 Å². The van der Waals surface area contributed by atoms with Gasteiger partial charge in [-0.15, -0.1) is 6.58 Å². The molecule has 2 nitrogen and oxygen atoms in total. The van der Waals surface area contributed by atoms with Crippen molar-refractivity contribution in [2.75, 3.05) is 7.11 Å². The van der Waals surface area contributed by atoms with Crippen LogP contribution in [0, 0.1) is 3.57 Å². The van der Waals surface area contributed by atoms with E-state index in [-0.39, 0.29) is 6.04 Å². The number of nitrogens with two attached hydrogens (primary N) is 1. The van der Waals surface area contributed by atoms with Crippen molar-refractivity contribution in [3.63, 3.8) is 0 Å². The van der Waals surface area contributed by atoms with Crippen molar-refractivity contribution in [1.82, 2.24) is 0 Å². The highest BCUT2D eigenvalue weighted by atomic mass is 127. The molecule has 0 aliphatic carbocycles. The molecule has 0 amide bonds. The minimum absolute atomic E-state index is 0.00984. The van der Waals surface area contributed by atoms with Gasteiger partial charge in [0, 0.05) is 6.04 Å². The third-order valence-electron chi connectivity index (χ3n) is 2.02. The lowest BCUT2D eigenvalue weighted by Gasteiger charge is -2.11. The minimum atomic E-state index is 0.00984. The fraction of sp³-hybridized carbons (Fsp3) is 0.273. The molecule has 1 aromatic rings. The van der Waals surface area contributed by atoms with E-state index in [0.717, 1.165) is 15.7 Å². The maximum absolute atomic E-state index is 5.80. The Hall–Kier alpha value is -0.550. The summed E-state index contributed by atoms with van der Waals surface area (Å²) in [5.41, 5.74) is 7.01. The fourth-order valence-electron chi connectivity index (χ4n) is 1.21. The van der Waals surface area contributed by atoms with E-state index in [1.165, 1.54) is 5.56 Å². The number of methoxy groups -OCH3 is 1. The van der Waals surface area contributed by atoms with Crippen molar-refractivity contribution in [3.8, 4) is 5.75 Å². The standard InChI is InChI=1S/C11H14INO/c1-3-9(13)7-8-5-4-6-10(14-2)11(8)12/h3-6,9H,1,7,13H2,2H3/t9-/m1/s1. The van der Waals surface area contributed by atoms with Crippen molar-refractivity contribution in [2.24, 2.45) is 5.73 Å². The first-order valence-corrected chi connectivity index (χ1v) is 5.46. The number of benzene rings is 1. The van der Waals surface area contributed by atoms with Gasteiger partial charge < -0.3 is 10.5 Å². The molecular formula is C11H14INO. The highest BCUT2D eigenvalue weighted by molar-refractivity contribution is 14.1. The summed E-state index contributed by atoms with van der Waals surface area (Å²) in [7, 11) is 1.68. The third kappa shape index (κ3) is 2.72. The molecule has 0 bridgehead atoms. The average molecular weight is 303 g/mol. The fourth-order valence-corrected chi connectivity index (χ4v) is 2.01. The van der Waals surface area contributed by atoms with Crippen LogP contribution in [0.15, 0.2) is 30.9 Å². The molecule has 0 aliphatic rings. The summed E-state index contributed by atoms with van der Waals surface area (Å²) < 4.78 is 6.36. The van der Waals surface area contributed by atoms with E-state index in [4.69, 9.17) is 10.5 Å². The van der Waals surface area contributed by atoms with Gasteiger partial charge >= 0.3 is 0 Å². The summed E-state index contributed by atoms with van der Waals surface area (Å²) in [6.07, 6.45) is 2.56. The number of ether oxygens (including phenoxy) is 1. The molecule has 0 radical (unpaired) electrons. The SMILES string of the molecule is C=C[C@@H](N)Cc1cccc(OC)c1I. The summed E-state index contributed by atoms with van der Waals surface area (Å²) in [5, 5.41) is 0. The number of hydrogen-bond acceptors (Lipinski definition) is 2. The Morgan fingerprint density at radius 2 is 2.36 bits per heavy atom. The zero-order valence-electron chi connectivity index (χ0n) is 8.16. The first-order valence-electron chi connectivity index (χ1n) is 4.38. The highest BCUT2D eigenvalue weighted by Crippen LogP contribution is 2.24. The molecule has 76 valence electrons. The van der Waals surface area contributed by atoms with Crippen LogP contribution in [0.5, 0.6) is 5.75 Å². The molecule has 1 aromatic carbocycles. The van der Waals surface area contributed by atoms with E-state index >= 15 is 0 Å². The van der Waals surface area contributed by atoms with Crippen LogP contribution >= 0.6 is 22.6 Å². The van der Waals surface area contributed by atoms with Crippen molar-refractivity contribution in [3.05, 3.63) is 40.0 Å². The van der Waals surface area contributed by atoms with Gasteiger partial charge in [0.05, 0.1) is 10.7 Å². The van der Waals surface area contributed by atoms with Crippen LogP contribution in [-0.4, -0.2) is 13.2 Å². The van der Waals surface area contributed by atoms with Gasteiger partial charge in [-0.05, 0) is 40.6 Å². The highest BCUT2D eigenvalue weighted by Gasteiger charge is 2.07. The normalized spacial score (nSPS) is 12.2. The van der Waals surface area contributed by atoms with E-state index in [1.54, 1.807) is 13.2 Å². The summed E-state index contributed by atoms with van der Waals surface area (Å²) >= 11 is 2.28. The molecule has 0 saturated heterocycles. The molecule has 0 saturated carbocycles. The maximum atomic E-state index is 5.80. The van der Waals surface area contributed by atoms with E-state index in [2.05, 4.69) is 35.2 Å². The lowest BCUT2D eigenvalue weighted by Crippen LogP contribution is -2.19. The molecule has 1 rings (SSSR count). The Balaban J connectivity index is 2.91. The van der Waals surface area contributed by atoms with Gasteiger partial charge in [-0.25, -0.2) is 0 Å².